The number of carbonyl (C=O) groups excluding carboxylic acids is 3. The SMILES string of the molecule is CC1C[C@@H]2OC(O[C@H]3OC(CO)[C@@H](C)[C@H]4OC34)C3C(OC(=O)N3C)C2O[C@@H]1O[C@@H]1C(NC(=O)OCc2ccccc2)C[C@@H](NC(=O)OCc2ccccc2)C2OC3(CCCCC3)O[C@H]21. The zero-order valence-corrected chi connectivity index (χ0v) is 36.3. The van der Waals surface area contributed by atoms with Crippen LogP contribution in [0.5, 0.6) is 0 Å². The molecule has 6 heterocycles. The minimum Gasteiger partial charge on any atom is -0.445 e. The van der Waals surface area contributed by atoms with Gasteiger partial charge in [0.05, 0.1) is 37.0 Å². The second kappa shape index (κ2) is 18.3. The highest BCUT2D eigenvalue weighted by atomic mass is 16.8. The first-order valence-electron chi connectivity index (χ1n) is 22.8. The van der Waals surface area contributed by atoms with Gasteiger partial charge in [0.25, 0.3) is 0 Å². The van der Waals surface area contributed by atoms with E-state index < -0.39 is 104 Å². The number of nitrogens with zero attached hydrogens (tertiary/aromatic N) is 1. The summed E-state index contributed by atoms with van der Waals surface area (Å²) in [5.74, 6) is -1.18. The second-order valence-corrected chi connectivity index (χ2v) is 18.6. The molecule has 6 saturated heterocycles. The molecule has 2 aliphatic carbocycles. The number of nitrogens with one attached hydrogen (secondary N) is 2. The molecule has 64 heavy (non-hydrogen) atoms. The molecule has 0 aromatic heterocycles. The van der Waals surface area contributed by atoms with Crippen LogP contribution >= 0.6 is 0 Å². The first-order chi connectivity index (χ1) is 31.1. The van der Waals surface area contributed by atoms with Gasteiger partial charge in [-0.2, -0.15) is 0 Å². The van der Waals surface area contributed by atoms with E-state index in [0.717, 1.165) is 30.4 Å². The smallest absolute Gasteiger partial charge is 0.410 e. The summed E-state index contributed by atoms with van der Waals surface area (Å²) in [5, 5.41) is 16.1. The van der Waals surface area contributed by atoms with E-state index in [1.165, 1.54) is 4.90 Å². The average molecular weight is 894 g/mol. The lowest BCUT2D eigenvalue weighted by atomic mass is 9.83. The molecule has 18 nitrogen and oxygen atoms in total. The lowest BCUT2D eigenvalue weighted by molar-refractivity contribution is -0.361. The second-order valence-electron chi connectivity index (χ2n) is 18.6. The number of alkyl carbamates (subject to hydrolysis) is 2. The Kier molecular flexibility index (Phi) is 12.5. The van der Waals surface area contributed by atoms with Gasteiger partial charge < -0.3 is 67.8 Å². The average Bonchev–Trinajstić information content (AvgIpc) is 3.95. The van der Waals surface area contributed by atoms with Crippen LogP contribution in [0.2, 0.25) is 0 Å². The van der Waals surface area contributed by atoms with Crippen molar-refractivity contribution in [2.24, 2.45) is 11.8 Å². The number of aliphatic hydroxyl groups is 1. The molecule has 1 spiro atoms. The molecular weight excluding hydrogens is 835 g/mol. The topological polar surface area (TPSA) is 204 Å². The molecular formula is C46H59N3O15. The number of fused-ring (bicyclic) bond motifs is 5. The Morgan fingerprint density at radius 1 is 0.719 bits per heavy atom. The molecule has 18 heteroatoms. The lowest BCUT2D eigenvalue weighted by Gasteiger charge is -2.50. The Morgan fingerprint density at radius 2 is 1.38 bits per heavy atom. The van der Waals surface area contributed by atoms with Crippen LogP contribution in [0.25, 0.3) is 0 Å². The van der Waals surface area contributed by atoms with Crippen molar-refractivity contribution in [1.82, 2.24) is 15.5 Å². The number of rotatable bonds is 11. The maximum atomic E-state index is 13.7. The highest BCUT2D eigenvalue weighted by molar-refractivity contribution is 5.71. The van der Waals surface area contributed by atoms with Crippen LogP contribution in [0.1, 0.15) is 69.9 Å². The maximum Gasteiger partial charge on any atom is 0.410 e. The number of epoxide rings is 1. The van der Waals surface area contributed by atoms with Gasteiger partial charge in [0, 0.05) is 31.7 Å². The normalized spacial score (nSPS) is 40.5. The zero-order valence-electron chi connectivity index (χ0n) is 36.3. The molecule has 8 aliphatic rings. The fourth-order valence-electron chi connectivity index (χ4n) is 10.7. The summed E-state index contributed by atoms with van der Waals surface area (Å²) in [4.78, 5) is 41.8. The first-order valence-corrected chi connectivity index (χ1v) is 22.8. The van der Waals surface area contributed by atoms with Crippen LogP contribution in [0.15, 0.2) is 60.7 Å². The third-order valence-electron chi connectivity index (χ3n) is 14.2. The van der Waals surface area contributed by atoms with E-state index >= 15 is 0 Å². The van der Waals surface area contributed by atoms with Gasteiger partial charge in [-0.3, -0.25) is 4.90 Å². The Labute approximate surface area is 371 Å². The molecule has 3 amide bonds. The standard InChI is InChI=1S/C46H59N3O15/c1-24-19-30-36(37-32(49(3)45(53)61-37)41(56-30)62-42-39-33(58-39)25(2)31(21-50)57-42)60-40(24)59-34-28(47-43(51)54-22-26-13-7-4-8-14-26)20-29(48-44(52)55-23-27-15-9-5-10-16-27)35-38(34)64-46(63-35)17-11-6-12-18-46/h4-5,7-10,13-16,24-25,28-42,50H,6,11-12,17-23H2,1-3H3,(H,47,51)(H,48,52)/t24?,25-,28?,29-,30+,31?,32?,33-,34-,35?,36?,37?,38+,39?,40+,41?,42-/m1/s1. The predicted octanol–water partition coefficient (Wildman–Crippen LogP) is 4.24. The van der Waals surface area contributed by atoms with Crippen molar-refractivity contribution in [2.75, 3.05) is 13.7 Å². The molecule has 0 radical (unpaired) electrons. The Bertz CT molecular complexity index is 1960. The van der Waals surface area contributed by atoms with Crippen molar-refractivity contribution < 1.29 is 71.6 Å². The van der Waals surface area contributed by atoms with Gasteiger partial charge in [-0.1, -0.05) is 80.9 Å². The van der Waals surface area contributed by atoms with Crippen LogP contribution in [-0.4, -0.2) is 140 Å². The van der Waals surface area contributed by atoms with E-state index in [0.29, 0.717) is 19.3 Å². The number of likely N-dealkylation sites (N-methyl/N-ethyl adjacent to an activating group) is 1. The van der Waals surface area contributed by atoms with Gasteiger partial charge >= 0.3 is 18.3 Å². The fraction of sp³-hybridized carbons (Fsp3) is 0.674. The molecule has 0 bridgehead atoms. The third-order valence-corrected chi connectivity index (χ3v) is 14.2. The molecule has 348 valence electrons. The van der Waals surface area contributed by atoms with E-state index in [1.54, 1.807) is 7.05 Å². The fourth-order valence-corrected chi connectivity index (χ4v) is 10.7. The zero-order chi connectivity index (χ0) is 44.1. The molecule has 10 rings (SSSR count). The number of hydrogen-bond acceptors (Lipinski definition) is 15. The van der Waals surface area contributed by atoms with Gasteiger partial charge in [0.2, 0.25) is 0 Å². The van der Waals surface area contributed by atoms with Crippen LogP contribution < -0.4 is 10.6 Å². The number of ether oxygens (including phenoxy) is 11. The number of carbonyl (C=O) groups is 3. The highest BCUT2D eigenvalue weighted by Crippen LogP contribution is 2.48. The highest BCUT2D eigenvalue weighted by Gasteiger charge is 2.64. The van der Waals surface area contributed by atoms with E-state index in [2.05, 4.69) is 10.6 Å². The van der Waals surface area contributed by atoms with Gasteiger partial charge in [0.15, 0.2) is 30.8 Å². The molecule has 6 aliphatic heterocycles. The van der Waals surface area contributed by atoms with Gasteiger partial charge in [-0.15, -0.1) is 0 Å². The van der Waals surface area contributed by atoms with E-state index in [-0.39, 0.29) is 50.3 Å². The number of amides is 3. The van der Waals surface area contributed by atoms with E-state index in [1.807, 2.05) is 74.5 Å². The van der Waals surface area contributed by atoms with E-state index in [4.69, 9.17) is 52.1 Å². The molecule has 8 fully saturated rings. The number of benzene rings is 2. The summed E-state index contributed by atoms with van der Waals surface area (Å²) < 4.78 is 70.1. The van der Waals surface area contributed by atoms with Crippen LogP contribution in [-0.2, 0) is 65.3 Å². The molecule has 2 aromatic carbocycles. The van der Waals surface area contributed by atoms with Crippen molar-refractivity contribution in [2.45, 2.75) is 170 Å². The summed E-state index contributed by atoms with van der Waals surface area (Å²) in [6, 6.07) is 16.7. The molecule has 17 atom stereocenters. The Hall–Kier alpha value is -4.11. The minimum absolute atomic E-state index is 0.00463. The van der Waals surface area contributed by atoms with E-state index in [9.17, 15) is 19.5 Å². The monoisotopic (exact) mass is 893 g/mol. The van der Waals surface area contributed by atoms with Crippen molar-refractivity contribution in [3.05, 3.63) is 71.8 Å². The summed E-state index contributed by atoms with van der Waals surface area (Å²) in [5.41, 5.74) is 1.66. The summed E-state index contributed by atoms with van der Waals surface area (Å²) >= 11 is 0. The molecule has 2 aromatic rings. The lowest BCUT2D eigenvalue weighted by Crippen LogP contribution is -2.67. The Morgan fingerprint density at radius 3 is 2.05 bits per heavy atom. The summed E-state index contributed by atoms with van der Waals surface area (Å²) in [7, 11) is 1.62. The maximum absolute atomic E-state index is 13.7. The van der Waals surface area contributed by atoms with Crippen LogP contribution in [0.3, 0.4) is 0 Å². The molecule has 3 N–H and O–H groups in total. The van der Waals surface area contributed by atoms with Crippen molar-refractivity contribution in [3.8, 4) is 0 Å². The third kappa shape index (κ3) is 8.80. The van der Waals surface area contributed by atoms with Crippen molar-refractivity contribution in [3.63, 3.8) is 0 Å². The van der Waals surface area contributed by atoms with Gasteiger partial charge in [-0.25, -0.2) is 14.4 Å². The van der Waals surface area contributed by atoms with Crippen molar-refractivity contribution in [1.29, 1.82) is 0 Å². The quantitative estimate of drug-likeness (QED) is 0.213. The number of hydrogen-bond donors (Lipinski definition) is 3. The summed E-state index contributed by atoms with van der Waals surface area (Å²) in [6.07, 6.45) is -4.88. The number of aliphatic hydroxyl groups excluding tert-OH is 1. The van der Waals surface area contributed by atoms with Crippen molar-refractivity contribution >= 4 is 18.3 Å². The van der Waals surface area contributed by atoms with Crippen LogP contribution in [0.4, 0.5) is 14.4 Å². The molecule has 9 unspecified atom stereocenters. The minimum atomic E-state index is -0.937. The predicted molar refractivity (Wildman–Crippen MR) is 220 cm³/mol. The molecule has 2 saturated carbocycles. The largest absolute Gasteiger partial charge is 0.445 e. The van der Waals surface area contributed by atoms with Gasteiger partial charge in [0.1, 0.15) is 49.8 Å². The van der Waals surface area contributed by atoms with Gasteiger partial charge in [-0.05, 0) is 36.8 Å². The first kappa shape index (κ1) is 43.8. The Balaban J connectivity index is 0.889. The summed E-state index contributed by atoms with van der Waals surface area (Å²) in [6.45, 7) is 3.89. The van der Waals surface area contributed by atoms with Crippen LogP contribution in [0, 0.1) is 11.8 Å².